The van der Waals surface area contributed by atoms with Crippen LogP contribution in [0.2, 0.25) is 0 Å². The minimum atomic E-state index is -0.420. The van der Waals surface area contributed by atoms with Gasteiger partial charge >= 0.3 is 6.09 Å². The van der Waals surface area contributed by atoms with Crippen molar-refractivity contribution in [3.8, 4) is 0 Å². The summed E-state index contributed by atoms with van der Waals surface area (Å²) in [5.41, 5.74) is 2.46. The Bertz CT molecular complexity index is 980. The zero-order valence-electron chi connectivity index (χ0n) is 29.9. The molecule has 262 valence electrons. The third-order valence-corrected chi connectivity index (χ3v) is 8.58. The lowest BCUT2D eigenvalue weighted by atomic mass is 10.0. The number of carbonyl (C=O) groups is 1. The summed E-state index contributed by atoms with van der Waals surface area (Å²) in [7, 11) is 0. The molecule has 2 heterocycles. The Morgan fingerprint density at radius 2 is 1.15 bits per heavy atom. The van der Waals surface area contributed by atoms with Crippen LogP contribution in [-0.4, -0.2) is 23.2 Å². The van der Waals surface area contributed by atoms with E-state index in [0.717, 1.165) is 13.0 Å². The molecule has 0 fully saturated rings. The van der Waals surface area contributed by atoms with E-state index in [1.165, 1.54) is 152 Å². The number of alkyl carbamates (subject to hydrolysis) is 1. The van der Waals surface area contributed by atoms with E-state index in [4.69, 9.17) is 4.74 Å². The molecule has 5 nitrogen and oxygen atoms in total. The van der Waals surface area contributed by atoms with Gasteiger partial charge in [0.25, 0.3) is 0 Å². The lowest BCUT2D eigenvalue weighted by molar-refractivity contribution is -0.697. The second kappa shape index (κ2) is 27.9. The summed E-state index contributed by atoms with van der Waals surface area (Å²) >= 11 is 0. The second-order valence-electron chi connectivity index (χ2n) is 14.2. The zero-order chi connectivity index (χ0) is 32.3. The first-order valence-corrected chi connectivity index (χ1v) is 18.8. The molecule has 0 spiro atoms. The molecular formula is C40H68ClN3O2. The molecule has 46 heavy (non-hydrogen) atoms. The fraction of sp³-hybridized carbons (Fsp3) is 0.725. The first-order valence-electron chi connectivity index (χ1n) is 18.8. The maximum atomic E-state index is 11.6. The van der Waals surface area contributed by atoms with Gasteiger partial charge in [0, 0.05) is 37.0 Å². The van der Waals surface area contributed by atoms with Crippen molar-refractivity contribution in [1.82, 2.24) is 10.3 Å². The van der Waals surface area contributed by atoms with Crippen molar-refractivity contribution in [3.63, 3.8) is 0 Å². The summed E-state index contributed by atoms with van der Waals surface area (Å²) in [6.07, 6.45) is 38.6. The standard InChI is InChI=1S/C40H67N3O2.ClH/c1-40(2,3)45-39(44)42-32-23-19-15-11-7-4-5-10-14-18-22-28-38-30-26-34-43(36-38)33-24-20-16-12-8-6-9-13-17-21-27-37-29-25-31-41-35-37;/h25-26,29-31,34-36H,4-24,27-28,32-33H2,1-3H3;1H. The predicted molar refractivity (Wildman–Crippen MR) is 189 cm³/mol. The largest absolute Gasteiger partial charge is 1.00 e. The SMILES string of the molecule is CC(C)(C)OC(=O)NCCCCCCCCCCCCCc1ccc[n+](CCCCCCCCCCCCc2cccnc2)c1.[Cl-]. The Kier molecular flexibility index (Phi) is 25.4. The molecule has 0 aliphatic rings. The smallest absolute Gasteiger partial charge is 0.407 e. The van der Waals surface area contributed by atoms with Crippen molar-refractivity contribution in [1.29, 1.82) is 0 Å². The number of pyridine rings is 2. The fourth-order valence-electron chi connectivity index (χ4n) is 6.00. The number of aromatic nitrogens is 2. The highest BCUT2D eigenvalue weighted by atomic mass is 35.5. The first-order chi connectivity index (χ1) is 21.9. The number of nitrogens with zero attached hydrogens (tertiary/aromatic N) is 2. The van der Waals surface area contributed by atoms with Gasteiger partial charge in [-0.2, -0.15) is 0 Å². The number of hydrogen-bond acceptors (Lipinski definition) is 3. The summed E-state index contributed by atoms with van der Waals surface area (Å²) < 4.78 is 7.68. The van der Waals surface area contributed by atoms with E-state index < -0.39 is 5.60 Å². The molecule has 0 aromatic carbocycles. The van der Waals surface area contributed by atoms with Crippen molar-refractivity contribution in [2.24, 2.45) is 0 Å². The summed E-state index contributed by atoms with van der Waals surface area (Å²) in [4.78, 5) is 15.8. The molecule has 0 radical (unpaired) electrons. The fourth-order valence-corrected chi connectivity index (χ4v) is 6.00. The van der Waals surface area contributed by atoms with E-state index in [1.807, 2.05) is 39.2 Å². The molecule has 0 aliphatic carbocycles. The van der Waals surface area contributed by atoms with Crippen LogP contribution in [0.4, 0.5) is 4.79 Å². The van der Waals surface area contributed by atoms with Crippen LogP contribution in [0.3, 0.4) is 0 Å². The van der Waals surface area contributed by atoms with Crippen LogP contribution in [0, 0.1) is 0 Å². The van der Waals surface area contributed by atoms with Crippen LogP contribution in [0.25, 0.3) is 0 Å². The molecular weight excluding hydrogens is 590 g/mol. The zero-order valence-corrected chi connectivity index (χ0v) is 30.6. The molecule has 1 amide bonds. The lowest BCUT2D eigenvalue weighted by Gasteiger charge is -2.19. The summed E-state index contributed by atoms with van der Waals surface area (Å²) in [5, 5.41) is 2.85. The van der Waals surface area contributed by atoms with Gasteiger partial charge in [-0.25, -0.2) is 9.36 Å². The maximum absolute atomic E-state index is 11.6. The Balaban J connectivity index is 0.0000106. The molecule has 0 atom stereocenters. The minimum absolute atomic E-state index is 0. The van der Waals surface area contributed by atoms with Crippen molar-refractivity contribution < 1.29 is 26.5 Å². The van der Waals surface area contributed by atoms with Gasteiger partial charge in [-0.3, -0.25) is 4.98 Å². The number of carbonyl (C=O) groups excluding carboxylic acids is 1. The minimum Gasteiger partial charge on any atom is -1.00 e. The number of rotatable bonds is 27. The molecule has 0 unspecified atom stereocenters. The number of aryl methyl sites for hydroxylation is 3. The van der Waals surface area contributed by atoms with E-state index in [1.54, 1.807) is 0 Å². The van der Waals surface area contributed by atoms with E-state index in [-0.39, 0.29) is 18.5 Å². The van der Waals surface area contributed by atoms with Gasteiger partial charge in [0.2, 0.25) is 0 Å². The summed E-state index contributed by atoms with van der Waals surface area (Å²) in [6.45, 7) is 7.56. The molecule has 1 N–H and O–H groups in total. The predicted octanol–water partition coefficient (Wildman–Crippen LogP) is 7.88. The second-order valence-corrected chi connectivity index (χ2v) is 14.2. The molecule has 2 rings (SSSR count). The van der Waals surface area contributed by atoms with Gasteiger partial charge in [0.05, 0.1) is 0 Å². The van der Waals surface area contributed by atoms with Gasteiger partial charge in [-0.15, -0.1) is 0 Å². The van der Waals surface area contributed by atoms with E-state index in [9.17, 15) is 4.79 Å². The van der Waals surface area contributed by atoms with Crippen LogP contribution < -0.4 is 22.3 Å². The molecule has 0 bridgehead atoms. The Morgan fingerprint density at radius 3 is 1.67 bits per heavy atom. The summed E-state index contributed by atoms with van der Waals surface area (Å²) in [6, 6.07) is 8.78. The molecule has 2 aromatic rings. The van der Waals surface area contributed by atoms with Crippen LogP contribution >= 0.6 is 0 Å². The summed E-state index contributed by atoms with van der Waals surface area (Å²) in [5.74, 6) is 0. The number of halogens is 1. The molecule has 6 heteroatoms. The average molecular weight is 658 g/mol. The highest BCUT2D eigenvalue weighted by Crippen LogP contribution is 2.14. The van der Waals surface area contributed by atoms with Gasteiger partial charge in [0.15, 0.2) is 12.4 Å². The molecule has 0 saturated heterocycles. The monoisotopic (exact) mass is 658 g/mol. The Hall–Kier alpha value is -2.14. The quantitative estimate of drug-likeness (QED) is 0.0786. The molecule has 2 aromatic heterocycles. The van der Waals surface area contributed by atoms with Crippen molar-refractivity contribution in [2.75, 3.05) is 6.54 Å². The molecule has 0 saturated carbocycles. The topological polar surface area (TPSA) is 55.1 Å². The van der Waals surface area contributed by atoms with Crippen molar-refractivity contribution in [2.45, 2.75) is 181 Å². The maximum Gasteiger partial charge on any atom is 0.407 e. The van der Waals surface area contributed by atoms with Crippen LogP contribution in [-0.2, 0) is 24.1 Å². The number of ether oxygens (including phenoxy) is 1. The third-order valence-electron chi connectivity index (χ3n) is 8.58. The van der Waals surface area contributed by atoms with E-state index in [2.05, 4.69) is 45.5 Å². The van der Waals surface area contributed by atoms with Crippen LogP contribution in [0.5, 0.6) is 0 Å². The lowest BCUT2D eigenvalue weighted by Crippen LogP contribution is -3.00. The first kappa shape index (κ1) is 41.9. The highest BCUT2D eigenvalue weighted by molar-refractivity contribution is 5.67. The highest BCUT2D eigenvalue weighted by Gasteiger charge is 2.15. The van der Waals surface area contributed by atoms with E-state index in [0.29, 0.717) is 6.54 Å². The number of nitrogens with one attached hydrogen (secondary N) is 1. The van der Waals surface area contributed by atoms with Crippen molar-refractivity contribution >= 4 is 6.09 Å². The van der Waals surface area contributed by atoms with Gasteiger partial charge in [-0.05, 0) is 77.0 Å². The van der Waals surface area contributed by atoms with E-state index >= 15 is 0 Å². The van der Waals surface area contributed by atoms with Gasteiger partial charge < -0.3 is 22.5 Å². The van der Waals surface area contributed by atoms with Gasteiger partial charge in [-0.1, -0.05) is 109 Å². The Labute approximate surface area is 289 Å². The van der Waals surface area contributed by atoms with Crippen LogP contribution in [0.15, 0.2) is 49.1 Å². The third kappa shape index (κ3) is 25.0. The number of amides is 1. The molecule has 0 aliphatic heterocycles. The van der Waals surface area contributed by atoms with Crippen LogP contribution in [0.1, 0.15) is 167 Å². The number of hydrogen-bond donors (Lipinski definition) is 1. The van der Waals surface area contributed by atoms with Crippen molar-refractivity contribution in [3.05, 3.63) is 60.2 Å². The average Bonchev–Trinajstić information content (AvgIpc) is 3.01. The Morgan fingerprint density at radius 1 is 0.674 bits per heavy atom. The normalized spacial score (nSPS) is 11.3. The number of unbranched alkanes of at least 4 members (excludes halogenated alkanes) is 19. The van der Waals surface area contributed by atoms with Gasteiger partial charge in [0.1, 0.15) is 12.1 Å².